The first-order valence-electron chi connectivity index (χ1n) is 6.92. The molecule has 1 aromatic rings. The molecule has 0 saturated carbocycles. The minimum atomic E-state index is 0.0306. The monoisotopic (exact) mass is 266 g/mol. The van der Waals surface area contributed by atoms with Crippen LogP contribution < -0.4 is 11.1 Å². The number of nitrogens with two attached hydrogens (primary N) is 1. The smallest absolute Gasteiger partial charge is 0.254 e. The average molecular weight is 266 g/mol. The third kappa shape index (κ3) is 2.86. The summed E-state index contributed by atoms with van der Waals surface area (Å²) in [5.41, 5.74) is 8.00. The SMILES string of the molecule is CCCCCNC(=O)c1c(N)sc2c1CCCC2. The van der Waals surface area contributed by atoms with Crippen molar-refractivity contribution >= 4 is 22.2 Å². The molecule has 0 aromatic carbocycles. The number of rotatable bonds is 5. The van der Waals surface area contributed by atoms with Crippen molar-refractivity contribution in [1.29, 1.82) is 0 Å². The van der Waals surface area contributed by atoms with Crippen LogP contribution in [0.25, 0.3) is 0 Å². The Bertz CT molecular complexity index is 426. The quantitative estimate of drug-likeness (QED) is 0.804. The molecule has 3 nitrogen and oxygen atoms in total. The van der Waals surface area contributed by atoms with Gasteiger partial charge in [-0.2, -0.15) is 0 Å². The summed E-state index contributed by atoms with van der Waals surface area (Å²) in [6.45, 7) is 2.92. The van der Waals surface area contributed by atoms with Crippen LogP contribution in [0.4, 0.5) is 5.00 Å². The van der Waals surface area contributed by atoms with Crippen LogP contribution in [0.5, 0.6) is 0 Å². The molecule has 0 spiro atoms. The number of amides is 1. The lowest BCUT2D eigenvalue weighted by molar-refractivity contribution is 0.0953. The van der Waals surface area contributed by atoms with Crippen LogP contribution >= 0.6 is 11.3 Å². The Kier molecular flexibility index (Phi) is 4.64. The zero-order chi connectivity index (χ0) is 13.0. The summed E-state index contributed by atoms with van der Waals surface area (Å²) < 4.78 is 0. The van der Waals surface area contributed by atoms with E-state index in [1.165, 1.54) is 29.7 Å². The molecule has 0 bridgehead atoms. The molecule has 0 unspecified atom stereocenters. The zero-order valence-electron chi connectivity index (χ0n) is 11.1. The van der Waals surface area contributed by atoms with E-state index in [4.69, 9.17) is 5.73 Å². The van der Waals surface area contributed by atoms with Crippen LogP contribution in [-0.4, -0.2) is 12.5 Å². The van der Waals surface area contributed by atoms with Crippen molar-refractivity contribution < 1.29 is 4.79 Å². The van der Waals surface area contributed by atoms with Gasteiger partial charge in [-0.1, -0.05) is 19.8 Å². The topological polar surface area (TPSA) is 55.1 Å². The minimum Gasteiger partial charge on any atom is -0.390 e. The normalized spacial score (nSPS) is 14.3. The first-order chi connectivity index (χ1) is 8.74. The predicted molar refractivity (Wildman–Crippen MR) is 77.2 cm³/mol. The van der Waals surface area contributed by atoms with E-state index >= 15 is 0 Å². The second kappa shape index (κ2) is 6.23. The van der Waals surface area contributed by atoms with Gasteiger partial charge in [0.05, 0.1) is 10.6 Å². The maximum Gasteiger partial charge on any atom is 0.254 e. The van der Waals surface area contributed by atoms with E-state index in [1.54, 1.807) is 11.3 Å². The molecule has 1 amide bonds. The number of aryl methyl sites for hydroxylation is 1. The molecule has 0 atom stereocenters. The Hall–Kier alpha value is -1.03. The van der Waals surface area contributed by atoms with Gasteiger partial charge in [0.15, 0.2) is 0 Å². The van der Waals surface area contributed by atoms with Gasteiger partial charge in [0, 0.05) is 11.4 Å². The second-order valence-corrected chi connectivity index (χ2v) is 6.05. The molecule has 0 fully saturated rings. The van der Waals surface area contributed by atoms with Gasteiger partial charge < -0.3 is 11.1 Å². The highest BCUT2D eigenvalue weighted by Crippen LogP contribution is 2.36. The number of hydrogen-bond donors (Lipinski definition) is 2. The molecule has 1 aromatic heterocycles. The number of unbranched alkanes of at least 4 members (excludes halogenated alkanes) is 2. The number of thiophene rings is 1. The summed E-state index contributed by atoms with van der Waals surface area (Å²) in [4.78, 5) is 13.5. The van der Waals surface area contributed by atoms with E-state index in [0.717, 1.165) is 37.8 Å². The molecule has 0 radical (unpaired) electrons. The Morgan fingerprint density at radius 1 is 1.33 bits per heavy atom. The molecule has 3 N–H and O–H groups in total. The Balaban J connectivity index is 2.03. The van der Waals surface area contributed by atoms with Gasteiger partial charge in [-0.3, -0.25) is 4.79 Å². The van der Waals surface area contributed by atoms with Gasteiger partial charge in [0.25, 0.3) is 5.91 Å². The van der Waals surface area contributed by atoms with E-state index in [2.05, 4.69) is 12.2 Å². The molecule has 1 aliphatic rings. The Morgan fingerprint density at radius 2 is 2.11 bits per heavy atom. The highest BCUT2D eigenvalue weighted by atomic mass is 32.1. The summed E-state index contributed by atoms with van der Waals surface area (Å²) in [5, 5.41) is 3.70. The number of nitrogens with one attached hydrogen (secondary N) is 1. The van der Waals surface area contributed by atoms with Gasteiger partial charge >= 0.3 is 0 Å². The largest absolute Gasteiger partial charge is 0.390 e. The molecule has 1 aliphatic carbocycles. The average Bonchev–Trinajstić information content (AvgIpc) is 2.70. The van der Waals surface area contributed by atoms with Crippen LogP contribution in [0.3, 0.4) is 0 Å². The van der Waals surface area contributed by atoms with Crippen LogP contribution in [0.2, 0.25) is 0 Å². The highest BCUT2D eigenvalue weighted by molar-refractivity contribution is 7.16. The fraction of sp³-hybridized carbons (Fsp3) is 0.643. The molecule has 1 heterocycles. The Morgan fingerprint density at radius 3 is 2.89 bits per heavy atom. The Labute approximate surface area is 113 Å². The fourth-order valence-electron chi connectivity index (χ4n) is 2.50. The summed E-state index contributed by atoms with van der Waals surface area (Å²) in [6, 6.07) is 0. The standard InChI is InChI=1S/C14H22N2OS/c1-2-3-6-9-16-14(17)12-10-7-4-5-8-11(10)18-13(12)15/h2-9,15H2,1H3,(H,16,17). The fourth-order valence-corrected chi connectivity index (χ4v) is 3.66. The van der Waals surface area contributed by atoms with E-state index in [0.29, 0.717) is 5.00 Å². The molecule has 4 heteroatoms. The van der Waals surface area contributed by atoms with Crippen molar-refractivity contribution in [3.8, 4) is 0 Å². The van der Waals surface area contributed by atoms with Crippen molar-refractivity contribution in [2.24, 2.45) is 0 Å². The molecule has 100 valence electrons. The molecule has 18 heavy (non-hydrogen) atoms. The number of carbonyl (C=O) groups is 1. The van der Waals surface area contributed by atoms with Gasteiger partial charge in [0.1, 0.15) is 0 Å². The maximum atomic E-state index is 12.2. The predicted octanol–water partition coefficient (Wildman–Crippen LogP) is 3.13. The van der Waals surface area contributed by atoms with Crippen LogP contribution in [-0.2, 0) is 12.8 Å². The molecular formula is C14H22N2OS. The third-order valence-corrected chi connectivity index (χ3v) is 4.61. The summed E-state index contributed by atoms with van der Waals surface area (Å²) in [5.74, 6) is 0.0306. The van der Waals surface area contributed by atoms with Crippen LogP contribution in [0.1, 0.15) is 59.8 Å². The van der Waals surface area contributed by atoms with Crippen molar-refractivity contribution in [2.75, 3.05) is 12.3 Å². The van der Waals surface area contributed by atoms with E-state index in [9.17, 15) is 4.79 Å². The number of fused-ring (bicyclic) bond motifs is 1. The van der Waals surface area contributed by atoms with Crippen molar-refractivity contribution in [1.82, 2.24) is 5.32 Å². The number of anilines is 1. The lowest BCUT2D eigenvalue weighted by Crippen LogP contribution is -2.26. The number of nitrogen functional groups attached to an aromatic ring is 1. The molecular weight excluding hydrogens is 244 g/mol. The molecule has 0 saturated heterocycles. The van der Waals surface area contributed by atoms with E-state index < -0.39 is 0 Å². The lowest BCUT2D eigenvalue weighted by atomic mass is 9.95. The van der Waals surface area contributed by atoms with Gasteiger partial charge in [-0.05, 0) is 37.7 Å². The van der Waals surface area contributed by atoms with Crippen molar-refractivity contribution in [3.63, 3.8) is 0 Å². The molecule has 2 rings (SSSR count). The first-order valence-corrected chi connectivity index (χ1v) is 7.74. The van der Waals surface area contributed by atoms with Gasteiger partial charge in [-0.15, -0.1) is 11.3 Å². The zero-order valence-corrected chi connectivity index (χ0v) is 11.9. The van der Waals surface area contributed by atoms with Gasteiger partial charge in [-0.25, -0.2) is 0 Å². The summed E-state index contributed by atoms with van der Waals surface area (Å²) in [6.07, 6.45) is 7.90. The lowest BCUT2D eigenvalue weighted by Gasteiger charge is -2.12. The van der Waals surface area contributed by atoms with Gasteiger partial charge in [0.2, 0.25) is 0 Å². The highest BCUT2D eigenvalue weighted by Gasteiger charge is 2.23. The number of carbonyl (C=O) groups excluding carboxylic acids is 1. The summed E-state index contributed by atoms with van der Waals surface area (Å²) >= 11 is 1.61. The molecule has 0 aliphatic heterocycles. The van der Waals surface area contributed by atoms with Crippen LogP contribution in [0.15, 0.2) is 0 Å². The minimum absolute atomic E-state index is 0.0306. The maximum absolute atomic E-state index is 12.2. The summed E-state index contributed by atoms with van der Waals surface area (Å²) in [7, 11) is 0. The number of hydrogen-bond acceptors (Lipinski definition) is 3. The third-order valence-electron chi connectivity index (χ3n) is 3.49. The van der Waals surface area contributed by atoms with E-state index in [1.807, 2.05) is 0 Å². The second-order valence-electron chi connectivity index (χ2n) is 4.91. The van der Waals surface area contributed by atoms with E-state index in [-0.39, 0.29) is 5.91 Å². The van der Waals surface area contributed by atoms with Crippen LogP contribution in [0, 0.1) is 0 Å². The van der Waals surface area contributed by atoms with Crippen molar-refractivity contribution in [2.45, 2.75) is 51.9 Å². The first kappa shape index (κ1) is 13.4. The van der Waals surface area contributed by atoms with Crippen molar-refractivity contribution in [3.05, 3.63) is 16.0 Å².